The topological polar surface area (TPSA) is 64.6 Å². The second-order valence-electron chi connectivity index (χ2n) is 5.89. The fourth-order valence-electron chi connectivity index (χ4n) is 2.53. The summed E-state index contributed by atoms with van der Waals surface area (Å²) >= 11 is 0. The number of halogens is 1. The van der Waals surface area contributed by atoms with Crippen molar-refractivity contribution >= 4 is 28.3 Å². The van der Waals surface area contributed by atoms with Gasteiger partial charge in [-0.3, -0.25) is 4.79 Å². The molecule has 0 saturated carbocycles. The zero-order valence-corrected chi connectivity index (χ0v) is 14.6. The molecule has 27 heavy (non-hydrogen) atoms. The Kier molecular flexibility index (Phi) is 5.66. The molecule has 0 unspecified atom stereocenters. The predicted molar refractivity (Wildman–Crippen MR) is 100 cm³/mol. The van der Waals surface area contributed by atoms with E-state index in [1.165, 1.54) is 31.2 Å². The Balaban J connectivity index is 1.55. The number of nitrogens with one attached hydrogen (secondary N) is 1. The number of rotatable bonds is 6. The second kappa shape index (κ2) is 8.31. The molecule has 3 aromatic carbocycles. The summed E-state index contributed by atoms with van der Waals surface area (Å²) in [4.78, 5) is 24.2. The first kappa shape index (κ1) is 18.4. The average Bonchev–Trinajstić information content (AvgIpc) is 2.68. The summed E-state index contributed by atoms with van der Waals surface area (Å²) in [5, 5.41) is 4.66. The first-order valence-electron chi connectivity index (χ1n) is 8.39. The third-order valence-electron chi connectivity index (χ3n) is 3.90. The highest BCUT2D eigenvalue weighted by molar-refractivity contribution is 6.03. The molecule has 0 aliphatic carbocycles. The molecule has 0 radical (unpaired) electrons. The van der Waals surface area contributed by atoms with E-state index in [0.29, 0.717) is 11.4 Å². The Morgan fingerprint density at radius 3 is 2.48 bits per heavy atom. The number of benzene rings is 3. The van der Waals surface area contributed by atoms with Crippen LogP contribution < -0.4 is 10.1 Å². The summed E-state index contributed by atoms with van der Waals surface area (Å²) in [6, 6.07) is 18.5. The number of fused-ring (bicyclic) bond motifs is 1. The maximum absolute atomic E-state index is 12.8. The molecular weight excluding hydrogens is 349 g/mol. The van der Waals surface area contributed by atoms with Crippen LogP contribution in [0.25, 0.3) is 10.8 Å². The normalized spacial score (nSPS) is 11.6. The van der Waals surface area contributed by atoms with Crippen LogP contribution >= 0.6 is 0 Å². The molecule has 0 aliphatic rings. The van der Waals surface area contributed by atoms with Gasteiger partial charge < -0.3 is 14.8 Å². The van der Waals surface area contributed by atoms with E-state index >= 15 is 0 Å². The number of anilines is 1. The van der Waals surface area contributed by atoms with Crippen molar-refractivity contribution < 1.29 is 23.5 Å². The molecule has 3 aromatic rings. The van der Waals surface area contributed by atoms with Gasteiger partial charge in [0.25, 0.3) is 5.91 Å². The number of hydrogen-bond acceptors (Lipinski definition) is 4. The minimum absolute atomic E-state index is 0.334. The Labute approximate surface area is 155 Å². The van der Waals surface area contributed by atoms with Crippen molar-refractivity contribution in [1.29, 1.82) is 0 Å². The van der Waals surface area contributed by atoms with Crippen molar-refractivity contribution in [2.24, 2.45) is 0 Å². The van der Waals surface area contributed by atoms with Gasteiger partial charge in [0.2, 0.25) is 0 Å². The lowest BCUT2D eigenvalue weighted by Crippen LogP contribution is -2.31. The summed E-state index contributed by atoms with van der Waals surface area (Å²) in [5.41, 5.74) is 0.642. The van der Waals surface area contributed by atoms with Crippen molar-refractivity contribution in [3.63, 3.8) is 0 Å². The summed E-state index contributed by atoms with van der Waals surface area (Å²) in [6.45, 7) is 1.10. The second-order valence-corrected chi connectivity index (χ2v) is 5.89. The van der Waals surface area contributed by atoms with E-state index in [4.69, 9.17) is 9.47 Å². The number of esters is 1. The maximum atomic E-state index is 12.8. The highest BCUT2D eigenvalue weighted by Gasteiger charge is 2.19. The molecule has 1 N–H and O–H groups in total. The van der Waals surface area contributed by atoms with Crippen LogP contribution in [0, 0.1) is 5.82 Å². The van der Waals surface area contributed by atoms with Crippen molar-refractivity contribution in [3.05, 3.63) is 72.5 Å². The molecule has 0 aromatic heterocycles. The summed E-state index contributed by atoms with van der Waals surface area (Å²) in [7, 11) is 0. The van der Waals surface area contributed by atoms with Crippen LogP contribution in [0.15, 0.2) is 66.7 Å². The predicted octanol–water partition coefficient (Wildman–Crippen LogP) is 3.93. The third-order valence-corrected chi connectivity index (χ3v) is 3.90. The van der Waals surface area contributed by atoms with Gasteiger partial charge in [-0.1, -0.05) is 36.4 Å². The largest absolute Gasteiger partial charge is 0.482 e. The van der Waals surface area contributed by atoms with E-state index in [-0.39, 0.29) is 6.61 Å². The molecule has 0 aliphatic heterocycles. The minimum Gasteiger partial charge on any atom is -0.482 e. The fraction of sp³-hybridized carbons (Fsp3) is 0.143. The molecule has 138 valence electrons. The molecular formula is C21H18FNO4. The number of carbonyl (C=O) groups is 2. The Morgan fingerprint density at radius 2 is 1.70 bits per heavy atom. The van der Waals surface area contributed by atoms with Gasteiger partial charge in [-0.2, -0.15) is 0 Å². The highest BCUT2D eigenvalue weighted by atomic mass is 19.1. The lowest BCUT2D eigenvalue weighted by atomic mass is 10.1. The number of carbonyl (C=O) groups excluding carboxylic acids is 2. The van der Waals surface area contributed by atoms with Crippen LogP contribution in [0.5, 0.6) is 5.75 Å². The molecule has 0 bridgehead atoms. The van der Waals surface area contributed by atoms with Gasteiger partial charge in [-0.15, -0.1) is 0 Å². The van der Waals surface area contributed by atoms with E-state index in [1.54, 1.807) is 6.07 Å². The highest BCUT2D eigenvalue weighted by Crippen LogP contribution is 2.23. The van der Waals surface area contributed by atoms with Crippen LogP contribution in [0.4, 0.5) is 10.1 Å². The molecule has 3 rings (SSSR count). The van der Waals surface area contributed by atoms with Crippen LogP contribution in [-0.2, 0) is 14.3 Å². The van der Waals surface area contributed by atoms with Gasteiger partial charge in [0.05, 0.1) is 0 Å². The number of ether oxygens (including phenoxy) is 2. The third kappa shape index (κ3) is 4.82. The lowest BCUT2D eigenvalue weighted by Gasteiger charge is -2.15. The zero-order valence-electron chi connectivity index (χ0n) is 14.6. The smallest absolute Gasteiger partial charge is 0.344 e. The maximum Gasteiger partial charge on any atom is 0.344 e. The molecule has 0 fully saturated rings. The Hall–Kier alpha value is -3.41. The van der Waals surface area contributed by atoms with Gasteiger partial charge in [0, 0.05) is 11.1 Å². The van der Waals surface area contributed by atoms with Gasteiger partial charge in [0.1, 0.15) is 11.6 Å². The summed E-state index contributed by atoms with van der Waals surface area (Å²) < 4.78 is 23.1. The van der Waals surface area contributed by atoms with Crippen molar-refractivity contribution in [3.8, 4) is 5.75 Å². The number of amides is 1. The van der Waals surface area contributed by atoms with E-state index in [2.05, 4.69) is 5.32 Å². The van der Waals surface area contributed by atoms with Gasteiger partial charge in [-0.05, 0) is 42.6 Å². The Bertz CT molecular complexity index is 951. The quantitative estimate of drug-likeness (QED) is 0.671. The van der Waals surface area contributed by atoms with Crippen LogP contribution in [-0.4, -0.2) is 24.6 Å². The SMILES string of the molecule is C[C@@H](OC(=O)COc1ccc(F)cc1)C(=O)Nc1cccc2ccccc12. The minimum atomic E-state index is -0.992. The summed E-state index contributed by atoms with van der Waals surface area (Å²) in [5.74, 6) is -1.20. The molecule has 0 heterocycles. The fourth-order valence-corrected chi connectivity index (χ4v) is 2.53. The van der Waals surface area contributed by atoms with Crippen LogP contribution in [0.2, 0.25) is 0 Å². The van der Waals surface area contributed by atoms with E-state index < -0.39 is 23.8 Å². The summed E-state index contributed by atoms with van der Waals surface area (Å²) in [6.07, 6.45) is -0.992. The first-order chi connectivity index (χ1) is 13.0. The average molecular weight is 367 g/mol. The zero-order chi connectivity index (χ0) is 19.2. The lowest BCUT2D eigenvalue weighted by molar-refractivity contribution is -0.155. The van der Waals surface area contributed by atoms with E-state index in [0.717, 1.165) is 10.8 Å². The Morgan fingerprint density at radius 1 is 1.00 bits per heavy atom. The molecule has 0 spiro atoms. The monoisotopic (exact) mass is 367 g/mol. The van der Waals surface area contributed by atoms with Crippen molar-refractivity contribution in [1.82, 2.24) is 0 Å². The van der Waals surface area contributed by atoms with Gasteiger partial charge in [-0.25, -0.2) is 9.18 Å². The van der Waals surface area contributed by atoms with Gasteiger partial charge >= 0.3 is 5.97 Å². The molecule has 1 atom stereocenters. The van der Waals surface area contributed by atoms with E-state index in [1.807, 2.05) is 36.4 Å². The molecule has 0 saturated heterocycles. The van der Waals surface area contributed by atoms with Crippen LogP contribution in [0.1, 0.15) is 6.92 Å². The van der Waals surface area contributed by atoms with Crippen LogP contribution in [0.3, 0.4) is 0 Å². The number of hydrogen-bond donors (Lipinski definition) is 1. The molecule has 5 nitrogen and oxygen atoms in total. The first-order valence-corrected chi connectivity index (χ1v) is 8.39. The van der Waals surface area contributed by atoms with Crippen molar-refractivity contribution in [2.45, 2.75) is 13.0 Å². The van der Waals surface area contributed by atoms with E-state index in [9.17, 15) is 14.0 Å². The van der Waals surface area contributed by atoms with Gasteiger partial charge in [0.15, 0.2) is 12.7 Å². The van der Waals surface area contributed by atoms with Crippen molar-refractivity contribution in [2.75, 3.05) is 11.9 Å². The molecule has 6 heteroatoms. The standard InChI is InChI=1S/C21H18FNO4/c1-14(27-20(24)13-26-17-11-9-16(22)10-12-17)21(25)23-19-8-4-6-15-5-2-3-7-18(15)19/h2-12,14H,13H2,1H3,(H,23,25)/t14-/m1/s1. The molecule has 1 amide bonds.